The van der Waals surface area contributed by atoms with E-state index in [-0.39, 0.29) is 22.9 Å². The SMILES string of the molecule is NS(=O)(=O)c1ccc(CCNC(=O)[C@@H]2CSCN2C(=O)NC2CCCCC2)cc1. The van der Waals surface area contributed by atoms with E-state index in [9.17, 15) is 18.0 Å². The van der Waals surface area contributed by atoms with Crippen LogP contribution in [0.1, 0.15) is 37.7 Å². The van der Waals surface area contributed by atoms with E-state index in [4.69, 9.17) is 5.14 Å². The van der Waals surface area contributed by atoms with Gasteiger partial charge >= 0.3 is 6.03 Å². The number of nitrogens with one attached hydrogen (secondary N) is 2. The number of sulfonamides is 1. The van der Waals surface area contributed by atoms with E-state index in [1.165, 1.54) is 18.6 Å². The molecule has 1 aromatic carbocycles. The summed E-state index contributed by atoms with van der Waals surface area (Å²) < 4.78 is 22.6. The molecule has 8 nitrogen and oxygen atoms in total. The highest BCUT2D eigenvalue weighted by molar-refractivity contribution is 7.99. The average Bonchev–Trinajstić information content (AvgIpc) is 3.18. The molecule has 0 unspecified atom stereocenters. The van der Waals surface area contributed by atoms with Gasteiger partial charge in [-0.3, -0.25) is 4.79 Å². The first-order chi connectivity index (χ1) is 13.8. The zero-order chi connectivity index (χ0) is 20.9. The Kier molecular flexibility index (Phi) is 7.42. The average molecular weight is 441 g/mol. The number of amides is 3. The van der Waals surface area contributed by atoms with E-state index in [1.54, 1.807) is 28.8 Å². The van der Waals surface area contributed by atoms with E-state index >= 15 is 0 Å². The number of nitrogens with two attached hydrogens (primary N) is 1. The third kappa shape index (κ3) is 6.10. The zero-order valence-corrected chi connectivity index (χ0v) is 17.9. The number of hydrogen-bond acceptors (Lipinski definition) is 5. The largest absolute Gasteiger partial charge is 0.354 e. The summed E-state index contributed by atoms with van der Waals surface area (Å²) in [6, 6.07) is 5.87. The minimum absolute atomic E-state index is 0.0629. The van der Waals surface area contributed by atoms with Crippen LogP contribution < -0.4 is 15.8 Å². The van der Waals surface area contributed by atoms with Crippen molar-refractivity contribution in [3.05, 3.63) is 29.8 Å². The molecular formula is C19H28N4O4S2. The number of carbonyl (C=O) groups excluding carboxylic acids is 2. The second-order valence-electron chi connectivity index (χ2n) is 7.50. The number of benzene rings is 1. The number of hydrogen-bond donors (Lipinski definition) is 3. The fourth-order valence-electron chi connectivity index (χ4n) is 3.66. The van der Waals surface area contributed by atoms with Crippen LogP contribution in [0.3, 0.4) is 0 Å². The van der Waals surface area contributed by atoms with Gasteiger partial charge < -0.3 is 15.5 Å². The fraction of sp³-hybridized carbons (Fsp3) is 0.579. The number of carbonyl (C=O) groups is 2. The highest BCUT2D eigenvalue weighted by Crippen LogP contribution is 2.23. The molecular weight excluding hydrogens is 412 g/mol. The Labute approximate surface area is 176 Å². The Balaban J connectivity index is 1.47. The van der Waals surface area contributed by atoms with Crippen molar-refractivity contribution in [2.45, 2.75) is 55.5 Å². The first-order valence-electron chi connectivity index (χ1n) is 9.89. The van der Waals surface area contributed by atoms with Gasteiger partial charge in [0.25, 0.3) is 0 Å². The van der Waals surface area contributed by atoms with Crippen LogP contribution in [0, 0.1) is 0 Å². The lowest BCUT2D eigenvalue weighted by Gasteiger charge is -2.28. The summed E-state index contributed by atoms with van der Waals surface area (Å²) in [5, 5.41) is 11.1. The van der Waals surface area contributed by atoms with Gasteiger partial charge in [0.15, 0.2) is 0 Å². The first-order valence-corrected chi connectivity index (χ1v) is 12.6. The summed E-state index contributed by atoms with van der Waals surface area (Å²) in [4.78, 5) is 26.9. The van der Waals surface area contributed by atoms with Crippen molar-refractivity contribution < 1.29 is 18.0 Å². The third-order valence-corrected chi connectivity index (χ3v) is 7.28. The molecule has 1 aliphatic carbocycles. The van der Waals surface area contributed by atoms with Crippen LogP contribution in [-0.2, 0) is 21.2 Å². The number of urea groups is 1. The minimum atomic E-state index is -3.71. The summed E-state index contributed by atoms with van der Waals surface area (Å²) in [5.74, 6) is 0.952. The molecule has 3 amide bonds. The number of nitrogens with zero attached hydrogens (tertiary/aromatic N) is 1. The van der Waals surface area contributed by atoms with Gasteiger partial charge in [-0.15, -0.1) is 11.8 Å². The summed E-state index contributed by atoms with van der Waals surface area (Å²) in [5.41, 5.74) is 0.894. The highest BCUT2D eigenvalue weighted by Gasteiger charge is 2.35. The molecule has 0 radical (unpaired) electrons. The maximum absolute atomic E-state index is 12.6. The van der Waals surface area contributed by atoms with E-state index < -0.39 is 16.1 Å². The second kappa shape index (κ2) is 9.82. The summed E-state index contributed by atoms with van der Waals surface area (Å²) >= 11 is 1.58. The van der Waals surface area contributed by atoms with Crippen molar-refractivity contribution in [3.63, 3.8) is 0 Å². The molecule has 1 saturated carbocycles. The zero-order valence-electron chi connectivity index (χ0n) is 16.3. The summed E-state index contributed by atoms with van der Waals surface area (Å²) in [6.07, 6.45) is 6.08. The standard InChI is InChI=1S/C19H28N4O4S2/c20-29(26,27)16-8-6-14(7-9-16)10-11-21-18(24)17-12-28-13-23(17)19(25)22-15-4-2-1-3-5-15/h6-9,15,17H,1-5,10-13H2,(H,21,24)(H,22,25)(H2,20,26,27)/t17-/m0/s1. The van der Waals surface area contributed by atoms with Gasteiger partial charge in [-0.25, -0.2) is 18.4 Å². The van der Waals surface area contributed by atoms with Crippen LogP contribution in [0.5, 0.6) is 0 Å². The van der Waals surface area contributed by atoms with Crippen molar-refractivity contribution in [1.29, 1.82) is 0 Å². The monoisotopic (exact) mass is 440 g/mol. The van der Waals surface area contributed by atoms with Crippen LogP contribution in [0.25, 0.3) is 0 Å². The maximum Gasteiger partial charge on any atom is 0.319 e. The van der Waals surface area contributed by atoms with Gasteiger partial charge in [-0.05, 0) is 37.0 Å². The molecule has 2 aliphatic rings. The Morgan fingerprint density at radius 3 is 2.48 bits per heavy atom. The predicted octanol–water partition coefficient (Wildman–Crippen LogP) is 1.41. The first kappa shape index (κ1) is 21.9. The Hall–Kier alpha value is -1.78. The molecule has 4 N–H and O–H groups in total. The van der Waals surface area contributed by atoms with E-state index in [0.29, 0.717) is 24.6 Å². The van der Waals surface area contributed by atoms with Crippen LogP contribution >= 0.6 is 11.8 Å². The number of primary sulfonamides is 1. The van der Waals surface area contributed by atoms with E-state index in [1.807, 2.05) is 0 Å². The Morgan fingerprint density at radius 2 is 1.83 bits per heavy atom. The van der Waals surface area contributed by atoms with Crippen LogP contribution in [-0.4, -0.2) is 55.5 Å². The van der Waals surface area contributed by atoms with Crippen molar-refractivity contribution in [1.82, 2.24) is 15.5 Å². The van der Waals surface area contributed by atoms with E-state index in [2.05, 4.69) is 10.6 Å². The Bertz CT molecular complexity index is 823. The van der Waals surface area contributed by atoms with Crippen molar-refractivity contribution in [2.75, 3.05) is 18.2 Å². The van der Waals surface area contributed by atoms with Gasteiger partial charge in [-0.1, -0.05) is 31.4 Å². The summed E-state index contributed by atoms with van der Waals surface area (Å²) in [7, 11) is -3.71. The molecule has 3 rings (SSSR count). The number of thioether (sulfide) groups is 1. The quantitative estimate of drug-likeness (QED) is 0.617. The lowest BCUT2D eigenvalue weighted by atomic mass is 9.96. The molecule has 0 spiro atoms. The molecule has 1 aliphatic heterocycles. The molecule has 160 valence electrons. The molecule has 1 atom stereocenters. The maximum atomic E-state index is 12.6. The molecule has 0 aromatic heterocycles. The molecule has 29 heavy (non-hydrogen) atoms. The Morgan fingerprint density at radius 1 is 1.14 bits per heavy atom. The topological polar surface area (TPSA) is 122 Å². The van der Waals surface area contributed by atoms with Crippen LogP contribution in [0.4, 0.5) is 4.79 Å². The minimum Gasteiger partial charge on any atom is -0.354 e. The molecule has 0 bridgehead atoms. The van der Waals surface area contributed by atoms with Gasteiger partial charge in [-0.2, -0.15) is 0 Å². The van der Waals surface area contributed by atoms with E-state index in [0.717, 1.165) is 31.2 Å². The van der Waals surface area contributed by atoms with Crippen molar-refractivity contribution in [3.8, 4) is 0 Å². The molecule has 2 fully saturated rings. The smallest absolute Gasteiger partial charge is 0.319 e. The number of rotatable bonds is 6. The molecule has 1 aromatic rings. The van der Waals surface area contributed by atoms with Gasteiger partial charge in [0.2, 0.25) is 15.9 Å². The normalized spacial score (nSPS) is 20.4. The molecule has 1 saturated heterocycles. The van der Waals surface area contributed by atoms with Crippen molar-refractivity contribution >= 4 is 33.7 Å². The third-order valence-electron chi connectivity index (χ3n) is 5.34. The second-order valence-corrected chi connectivity index (χ2v) is 10.1. The lowest BCUT2D eigenvalue weighted by molar-refractivity contribution is -0.124. The molecule has 1 heterocycles. The van der Waals surface area contributed by atoms with Gasteiger partial charge in [0, 0.05) is 18.3 Å². The highest BCUT2D eigenvalue weighted by atomic mass is 32.2. The lowest BCUT2D eigenvalue weighted by Crippen LogP contribution is -2.52. The van der Waals surface area contributed by atoms with Crippen molar-refractivity contribution in [2.24, 2.45) is 5.14 Å². The fourth-order valence-corrected chi connectivity index (χ4v) is 5.33. The predicted molar refractivity (Wildman–Crippen MR) is 113 cm³/mol. The summed E-state index contributed by atoms with van der Waals surface area (Å²) in [6.45, 7) is 0.410. The van der Waals surface area contributed by atoms with Crippen LogP contribution in [0.15, 0.2) is 29.2 Å². The van der Waals surface area contributed by atoms with Crippen LogP contribution in [0.2, 0.25) is 0 Å². The molecule has 10 heteroatoms. The van der Waals surface area contributed by atoms with Gasteiger partial charge in [0.1, 0.15) is 6.04 Å². The van der Waals surface area contributed by atoms with Gasteiger partial charge in [0.05, 0.1) is 10.8 Å².